The van der Waals surface area contributed by atoms with E-state index in [-0.39, 0.29) is 22.6 Å². The Morgan fingerprint density at radius 2 is 2.35 bits per heavy atom. The van der Waals surface area contributed by atoms with E-state index in [9.17, 15) is 4.79 Å². The number of nitrogens with zero attached hydrogens (tertiary/aromatic N) is 4. The van der Waals surface area contributed by atoms with Crippen LogP contribution in [0.15, 0.2) is 21.8 Å². The maximum absolute atomic E-state index is 12.2. The summed E-state index contributed by atoms with van der Waals surface area (Å²) in [6.45, 7) is 0.463. The van der Waals surface area contributed by atoms with E-state index in [1.807, 2.05) is 0 Å². The van der Waals surface area contributed by atoms with Crippen LogP contribution >= 0.6 is 34.8 Å². The van der Waals surface area contributed by atoms with Crippen LogP contribution < -0.4 is 0 Å². The molecule has 1 aliphatic carbocycles. The number of nitriles is 1. The van der Waals surface area contributed by atoms with Crippen LogP contribution in [0.3, 0.4) is 0 Å². The summed E-state index contributed by atoms with van der Waals surface area (Å²) < 4.78 is 1.77. The van der Waals surface area contributed by atoms with Crippen LogP contribution in [-0.4, -0.2) is 27.2 Å². The minimum absolute atomic E-state index is 0.0790. The SMILES string of the molecule is N#Cc1cnn(CCCl)c1N=C1CCC(CC=C(Cl)Cl)C(=O)C1. The van der Waals surface area contributed by atoms with E-state index < -0.39 is 0 Å². The van der Waals surface area contributed by atoms with Crippen molar-refractivity contribution in [2.75, 3.05) is 5.88 Å². The van der Waals surface area contributed by atoms with Gasteiger partial charge < -0.3 is 0 Å². The second-order valence-corrected chi connectivity index (χ2v) is 6.58. The molecule has 0 amide bonds. The van der Waals surface area contributed by atoms with Gasteiger partial charge in [-0.1, -0.05) is 29.3 Å². The first-order valence-corrected chi connectivity index (χ1v) is 8.46. The molecule has 0 radical (unpaired) electrons. The topological polar surface area (TPSA) is 71.0 Å². The maximum Gasteiger partial charge on any atom is 0.168 e. The van der Waals surface area contributed by atoms with Gasteiger partial charge in [0.2, 0.25) is 0 Å². The summed E-state index contributed by atoms with van der Waals surface area (Å²) in [5.74, 6) is 0.877. The van der Waals surface area contributed by atoms with Crippen molar-refractivity contribution in [3.8, 4) is 6.07 Å². The molecular weight excluding hydrogens is 359 g/mol. The van der Waals surface area contributed by atoms with Gasteiger partial charge in [-0.25, -0.2) is 9.67 Å². The van der Waals surface area contributed by atoms with E-state index in [0.717, 1.165) is 5.71 Å². The van der Waals surface area contributed by atoms with Gasteiger partial charge in [0.15, 0.2) is 5.82 Å². The lowest BCUT2D eigenvalue weighted by Gasteiger charge is -2.20. The largest absolute Gasteiger partial charge is 0.299 e. The Kier molecular flexibility index (Phi) is 6.64. The zero-order valence-electron chi connectivity index (χ0n) is 12.3. The zero-order chi connectivity index (χ0) is 16.8. The number of alkyl halides is 1. The molecule has 1 aliphatic rings. The van der Waals surface area contributed by atoms with E-state index in [2.05, 4.69) is 16.2 Å². The summed E-state index contributed by atoms with van der Waals surface area (Å²) in [6, 6.07) is 2.06. The van der Waals surface area contributed by atoms with Crippen molar-refractivity contribution in [2.45, 2.75) is 32.2 Å². The third-order valence-corrected chi connectivity index (χ3v) is 4.14. The molecule has 23 heavy (non-hydrogen) atoms. The quantitative estimate of drug-likeness (QED) is 0.728. The van der Waals surface area contributed by atoms with Gasteiger partial charge in [-0.05, 0) is 19.3 Å². The van der Waals surface area contributed by atoms with Gasteiger partial charge in [-0.3, -0.25) is 4.79 Å². The van der Waals surface area contributed by atoms with E-state index in [1.54, 1.807) is 10.8 Å². The number of hydrogen-bond acceptors (Lipinski definition) is 4. The predicted octanol–water partition coefficient (Wildman–Crippen LogP) is 4.14. The van der Waals surface area contributed by atoms with Crippen molar-refractivity contribution < 1.29 is 4.79 Å². The fourth-order valence-corrected chi connectivity index (χ4v) is 2.82. The number of aromatic nitrogens is 2. The standard InChI is InChI=1S/C15H15Cl3N4O/c16-5-6-22-15(11(8-19)9-20-22)21-12-3-1-10(13(23)7-12)2-4-14(17)18/h4,9-10H,1-3,5-7H2. The van der Waals surface area contributed by atoms with E-state index in [1.165, 1.54) is 6.20 Å². The minimum Gasteiger partial charge on any atom is -0.299 e. The highest BCUT2D eigenvalue weighted by Gasteiger charge is 2.25. The maximum atomic E-state index is 12.2. The summed E-state index contributed by atoms with van der Waals surface area (Å²) in [5.41, 5.74) is 1.15. The average molecular weight is 374 g/mol. The molecule has 0 saturated heterocycles. The van der Waals surface area contributed by atoms with E-state index >= 15 is 0 Å². The molecule has 0 spiro atoms. The molecule has 1 heterocycles. The molecular formula is C15H15Cl3N4O. The second-order valence-electron chi connectivity index (χ2n) is 5.19. The lowest BCUT2D eigenvalue weighted by Crippen LogP contribution is -2.24. The molecule has 5 nitrogen and oxygen atoms in total. The number of rotatable bonds is 5. The number of carbonyl (C=O) groups is 1. The molecule has 1 atom stereocenters. The first-order chi connectivity index (χ1) is 11.0. The number of halogens is 3. The zero-order valence-corrected chi connectivity index (χ0v) is 14.6. The Balaban J connectivity index is 2.14. The number of carbonyl (C=O) groups excluding carboxylic acids is 1. The van der Waals surface area contributed by atoms with Crippen LogP contribution in [0.5, 0.6) is 0 Å². The molecule has 122 valence electrons. The molecule has 0 N–H and O–H groups in total. The van der Waals surface area contributed by atoms with E-state index in [0.29, 0.717) is 43.1 Å². The Labute approximate surface area is 149 Å². The summed E-state index contributed by atoms with van der Waals surface area (Å²) >= 11 is 16.9. The number of hydrogen-bond donors (Lipinski definition) is 0. The smallest absolute Gasteiger partial charge is 0.168 e. The van der Waals surface area contributed by atoms with Crippen LogP contribution in [0.1, 0.15) is 31.2 Å². The van der Waals surface area contributed by atoms with Crippen LogP contribution in [0, 0.1) is 17.2 Å². The van der Waals surface area contributed by atoms with Crippen LogP contribution in [0.4, 0.5) is 5.82 Å². The van der Waals surface area contributed by atoms with Gasteiger partial charge in [-0.15, -0.1) is 11.6 Å². The van der Waals surface area contributed by atoms with Crippen LogP contribution in [-0.2, 0) is 11.3 Å². The highest BCUT2D eigenvalue weighted by atomic mass is 35.5. The summed E-state index contributed by atoms with van der Waals surface area (Å²) in [7, 11) is 0. The third-order valence-electron chi connectivity index (χ3n) is 3.66. The van der Waals surface area contributed by atoms with Gasteiger partial charge in [0.05, 0.1) is 12.7 Å². The van der Waals surface area contributed by atoms with Gasteiger partial charge in [-0.2, -0.15) is 10.4 Å². The molecule has 0 bridgehead atoms. The molecule has 2 rings (SSSR count). The molecule has 0 aromatic carbocycles. The predicted molar refractivity (Wildman–Crippen MR) is 91.5 cm³/mol. The third kappa shape index (κ3) is 4.81. The van der Waals surface area contributed by atoms with Gasteiger partial charge >= 0.3 is 0 Å². The molecule has 1 aromatic rings. The fraction of sp³-hybridized carbons (Fsp3) is 0.467. The van der Waals surface area contributed by atoms with Gasteiger partial charge in [0.25, 0.3) is 0 Å². The Hall–Kier alpha value is -1.35. The van der Waals surface area contributed by atoms with E-state index in [4.69, 9.17) is 40.1 Å². The number of aliphatic imine (C=N–C) groups is 1. The van der Waals surface area contributed by atoms with Crippen molar-refractivity contribution >= 4 is 52.1 Å². The Bertz CT molecular complexity index is 683. The molecule has 1 aromatic heterocycles. The Morgan fingerprint density at radius 1 is 1.57 bits per heavy atom. The fourth-order valence-electron chi connectivity index (χ4n) is 2.48. The van der Waals surface area contributed by atoms with Crippen molar-refractivity contribution in [1.82, 2.24) is 9.78 Å². The number of ketones is 1. The first kappa shape index (κ1) is 18.0. The van der Waals surface area contributed by atoms with Crippen LogP contribution in [0.2, 0.25) is 0 Å². The van der Waals surface area contributed by atoms with Crippen molar-refractivity contribution in [3.63, 3.8) is 0 Å². The normalized spacial score (nSPS) is 19.7. The average Bonchev–Trinajstić information content (AvgIpc) is 2.89. The molecule has 1 unspecified atom stereocenters. The first-order valence-electron chi connectivity index (χ1n) is 7.17. The number of Topliss-reactive ketones (excluding diaryl/α,β-unsaturated/α-hetero) is 1. The monoisotopic (exact) mass is 372 g/mol. The highest BCUT2D eigenvalue weighted by Crippen LogP contribution is 2.27. The molecule has 0 aliphatic heterocycles. The number of allylic oxidation sites excluding steroid dienone is 1. The molecule has 8 heteroatoms. The lowest BCUT2D eigenvalue weighted by atomic mass is 9.84. The number of aryl methyl sites for hydroxylation is 1. The second kappa shape index (κ2) is 8.49. The summed E-state index contributed by atoms with van der Waals surface area (Å²) in [4.78, 5) is 16.7. The van der Waals surface area contributed by atoms with Crippen molar-refractivity contribution in [3.05, 3.63) is 22.3 Å². The van der Waals surface area contributed by atoms with Gasteiger partial charge in [0, 0.05) is 23.9 Å². The Morgan fingerprint density at radius 3 is 2.96 bits per heavy atom. The summed E-state index contributed by atoms with van der Waals surface area (Å²) in [5, 5.41) is 13.2. The summed E-state index contributed by atoms with van der Waals surface area (Å²) in [6.07, 6.45) is 5.32. The molecule has 1 saturated carbocycles. The minimum atomic E-state index is -0.0790. The van der Waals surface area contributed by atoms with Crippen LogP contribution in [0.25, 0.3) is 0 Å². The van der Waals surface area contributed by atoms with Gasteiger partial charge in [0.1, 0.15) is 21.9 Å². The lowest BCUT2D eigenvalue weighted by molar-refractivity contribution is -0.122. The van der Waals surface area contributed by atoms with Crippen molar-refractivity contribution in [1.29, 1.82) is 5.26 Å². The molecule has 1 fully saturated rings. The van der Waals surface area contributed by atoms with Crippen molar-refractivity contribution in [2.24, 2.45) is 10.9 Å². The highest BCUT2D eigenvalue weighted by molar-refractivity contribution is 6.55.